The van der Waals surface area contributed by atoms with Crippen molar-refractivity contribution in [1.29, 1.82) is 0 Å². The number of hydrogen-bond donors (Lipinski definition) is 1. The molecule has 126 valence electrons. The van der Waals surface area contributed by atoms with Gasteiger partial charge in [0, 0.05) is 49.9 Å². The zero-order valence-electron chi connectivity index (χ0n) is 12.5. The number of nitrogens with one attached hydrogen (secondary N) is 1. The molecule has 0 bridgehead atoms. The molecule has 1 N–H and O–H groups in total. The average molecular weight is 354 g/mol. The van der Waals surface area contributed by atoms with Gasteiger partial charge in [-0.2, -0.15) is 0 Å². The first-order valence-corrected chi connectivity index (χ1v) is 7.02. The minimum absolute atomic E-state index is 0. The van der Waals surface area contributed by atoms with Crippen LogP contribution < -0.4 is 5.32 Å². The molecule has 0 unspecified atom stereocenters. The van der Waals surface area contributed by atoms with Crippen molar-refractivity contribution in [2.45, 2.75) is 25.8 Å². The third kappa shape index (κ3) is 5.05. The van der Waals surface area contributed by atoms with Gasteiger partial charge >= 0.3 is 0 Å². The van der Waals surface area contributed by atoms with E-state index in [1.807, 2.05) is 6.92 Å². The standard InChI is InChI=1S/C14H20FN3O2.2ClH/c1-2-3-14(17-8-6-16-7-9-17)12-10-11(18(19)20)4-5-13(12)15;;/h4-5,10,14,16H,2-3,6-9H2,1H3;2*1H/t14-;;/m0../s1. The van der Waals surface area contributed by atoms with Crippen molar-refractivity contribution in [1.82, 2.24) is 10.2 Å². The first-order valence-electron chi connectivity index (χ1n) is 7.02. The van der Waals surface area contributed by atoms with Crippen LogP contribution >= 0.6 is 24.8 Å². The largest absolute Gasteiger partial charge is 0.314 e. The Hall–Kier alpha value is -0.950. The van der Waals surface area contributed by atoms with Crippen LogP contribution in [0.4, 0.5) is 10.1 Å². The minimum atomic E-state index is -0.469. The van der Waals surface area contributed by atoms with Crippen LogP contribution in [0.1, 0.15) is 31.4 Å². The summed E-state index contributed by atoms with van der Waals surface area (Å²) in [4.78, 5) is 12.6. The first kappa shape index (κ1) is 21.0. The molecule has 0 spiro atoms. The van der Waals surface area contributed by atoms with E-state index in [-0.39, 0.29) is 42.4 Å². The van der Waals surface area contributed by atoms with Gasteiger partial charge < -0.3 is 5.32 Å². The molecule has 1 aromatic carbocycles. The second kappa shape index (κ2) is 9.94. The third-order valence-corrected chi connectivity index (χ3v) is 3.70. The maximum Gasteiger partial charge on any atom is 0.269 e. The van der Waals surface area contributed by atoms with Crippen LogP contribution in [-0.4, -0.2) is 36.0 Å². The molecular weight excluding hydrogens is 332 g/mol. The van der Waals surface area contributed by atoms with Crippen molar-refractivity contribution in [2.75, 3.05) is 26.2 Å². The molecule has 0 saturated carbocycles. The van der Waals surface area contributed by atoms with E-state index < -0.39 is 4.92 Å². The fraction of sp³-hybridized carbons (Fsp3) is 0.571. The Bertz CT molecular complexity index is 485. The number of hydrogen-bond acceptors (Lipinski definition) is 4. The summed E-state index contributed by atoms with van der Waals surface area (Å²) >= 11 is 0. The molecule has 1 saturated heterocycles. The van der Waals surface area contributed by atoms with Crippen LogP contribution in [0.15, 0.2) is 18.2 Å². The monoisotopic (exact) mass is 353 g/mol. The Labute approximate surface area is 142 Å². The predicted octanol–water partition coefficient (Wildman–Crippen LogP) is 3.32. The molecule has 1 aliphatic rings. The second-order valence-corrected chi connectivity index (χ2v) is 5.05. The van der Waals surface area contributed by atoms with E-state index in [1.165, 1.54) is 18.2 Å². The Kier molecular flexibility index (Phi) is 9.51. The topological polar surface area (TPSA) is 58.4 Å². The van der Waals surface area contributed by atoms with Crippen LogP contribution in [0, 0.1) is 15.9 Å². The Morgan fingerprint density at radius 2 is 2.00 bits per heavy atom. The number of nitrogens with zero attached hydrogens (tertiary/aromatic N) is 2. The van der Waals surface area contributed by atoms with Crippen molar-refractivity contribution < 1.29 is 9.31 Å². The van der Waals surface area contributed by atoms with Gasteiger partial charge in [0.05, 0.1) is 4.92 Å². The third-order valence-electron chi connectivity index (χ3n) is 3.70. The summed E-state index contributed by atoms with van der Waals surface area (Å²) in [5.41, 5.74) is 0.403. The molecule has 5 nitrogen and oxygen atoms in total. The zero-order valence-corrected chi connectivity index (χ0v) is 14.1. The van der Waals surface area contributed by atoms with Crippen LogP contribution in [-0.2, 0) is 0 Å². The average Bonchev–Trinajstić information content (AvgIpc) is 2.46. The summed E-state index contributed by atoms with van der Waals surface area (Å²) in [6.07, 6.45) is 1.72. The van der Waals surface area contributed by atoms with Gasteiger partial charge in [0.2, 0.25) is 0 Å². The molecule has 22 heavy (non-hydrogen) atoms. The molecule has 0 aromatic heterocycles. The van der Waals surface area contributed by atoms with Gasteiger partial charge in [-0.05, 0) is 12.5 Å². The van der Waals surface area contributed by atoms with E-state index in [1.54, 1.807) is 0 Å². The zero-order chi connectivity index (χ0) is 14.5. The van der Waals surface area contributed by atoms with E-state index in [4.69, 9.17) is 0 Å². The highest BCUT2D eigenvalue weighted by Gasteiger charge is 2.25. The van der Waals surface area contributed by atoms with Crippen molar-refractivity contribution >= 4 is 30.5 Å². The normalized spacial score (nSPS) is 16.3. The summed E-state index contributed by atoms with van der Waals surface area (Å²) in [5, 5.41) is 14.1. The predicted molar refractivity (Wildman–Crippen MR) is 89.6 cm³/mol. The molecular formula is C14H22Cl2FN3O2. The SMILES string of the molecule is CCC[C@@H](c1cc([N+](=O)[O-])ccc1F)N1CCNCC1.Cl.Cl. The van der Waals surface area contributed by atoms with Crippen molar-refractivity contribution in [2.24, 2.45) is 0 Å². The molecule has 1 heterocycles. The number of halogens is 3. The van der Waals surface area contributed by atoms with Crippen molar-refractivity contribution in [3.05, 3.63) is 39.7 Å². The summed E-state index contributed by atoms with van der Waals surface area (Å²) < 4.78 is 14.1. The van der Waals surface area contributed by atoms with Gasteiger partial charge in [-0.25, -0.2) is 4.39 Å². The number of nitro benzene ring substituents is 1. The quantitative estimate of drug-likeness (QED) is 0.651. The van der Waals surface area contributed by atoms with Crippen molar-refractivity contribution in [3.63, 3.8) is 0 Å². The van der Waals surface area contributed by atoms with E-state index in [0.29, 0.717) is 5.56 Å². The van der Waals surface area contributed by atoms with Crippen molar-refractivity contribution in [3.8, 4) is 0 Å². The van der Waals surface area contributed by atoms with Gasteiger partial charge in [-0.15, -0.1) is 24.8 Å². The molecule has 1 aromatic rings. The summed E-state index contributed by atoms with van der Waals surface area (Å²) in [5.74, 6) is -0.354. The van der Waals surface area contributed by atoms with E-state index in [0.717, 1.165) is 39.0 Å². The number of benzene rings is 1. The molecule has 2 rings (SSSR count). The highest BCUT2D eigenvalue weighted by atomic mass is 35.5. The lowest BCUT2D eigenvalue weighted by Crippen LogP contribution is -2.45. The lowest BCUT2D eigenvalue weighted by Gasteiger charge is -2.35. The molecule has 8 heteroatoms. The number of rotatable bonds is 5. The lowest BCUT2D eigenvalue weighted by atomic mass is 9.98. The minimum Gasteiger partial charge on any atom is -0.314 e. The first-order chi connectivity index (χ1) is 9.63. The van der Waals surface area contributed by atoms with Gasteiger partial charge in [0.25, 0.3) is 5.69 Å². The Balaban J connectivity index is 0.00000220. The molecule has 0 radical (unpaired) electrons. The van der Waals surface area contributed by atoms with E-state index in [9.17, 15) is 14.5 Å². The maximum absolute atomic E-state index is 14.1. The molecule has 1 fully saturated rings. The molecule has 0 amide bonds. The summed E-state index contributed by atoms with van der Waals surface area (Å²) in [6.45, 7) is 5.47. The van der Waals surface area contributed by atoms with E-state index >= 15 is 0 Å². The number of piperazine rings is 1. The smallest absolute Gasteiger partial charge is 0.269 e. The lowest BCUT2D eigenvalue weighted by molar-refractivity contribution is -0.385. The van der Waals surface area contributed by atoms with Gasteiger partial charge in [0.15, 0.2) is 0 Å². The highest BCUT2D eigenvalue weighted by Crippen LogP contribution is 2.30. The molecule has 1 atom stereocenters. The summed E-state index contributed by atoms with van der Waals surface area (Å²) in [7, 11) is 0. The van der Waals surface area contributed by atoms with Gasteiger partial charge in [-0.1, -0.05) is 13.3 Å². The van der Waals surface area contributed by atoms with Crippen LogP contribution in [0.2, 0.25) is 0 Å². The van der Waals surface area contributed by atoms with Gasteiger partial charge in [0.1, 0.15) is 5.82 Å². The maximum atomic E-state index is 14.1. The van der Waals surface area contributed by atoms with Crippen LogP contribution in [0.25, 0.3) is 0 Å². The fourth-order valence-electron chi connectivity index (χ4n) is 2.70. The molecule has 1 aliphatic heterocycles. The second-order valence-electron chi connectivity index (χ2n) is 5.05. The Morgan fingerprint density at radius 3 is 2.55 bits per heavy atom. The summed E-state index contributed by atoms with van der Waals surface area (Å²) in [6, 6.07) is 3.73. The fourth-order valence-corrected chi connectivity index (χ4v) is 2.70. The van der Waals surface area contributed by atoms with Gasteiger partial charge in [-0.3, -0.25) is 15.0 Å². The Morgan fingerprint density at radius 1 is 1.36 bits per heavy atom. The number of nitro groups is 1. The van der Waals surface area contributed by atoms with Crippen LogP contribution in [0.5, 0.6) is 0 Å². The van der Waals surface area contributed by atoms with Crippen LogP contribution in [0.3, 0.4) is 0 Å². The van der Waals surface area contributed by atoms with E-state index in [2.05, 4.69) is 10.2 Å². The molecule has 0 aliphatic carbocycles. The number of non-ortho nitro benzene ring substituents is 1. The highest BCUT2D eigenvalue weighted by molar-refractivity contribution is 5.85.